The summed E-state index contributed by atoms with van der Waals surface area (Å²) in [5.74, 6) is 0.791. The van der Waals surface area contributed by atoms with Gasteiger partial charge in [0.2, 0.25) is 11.8 Å². The molecule has 2 amide bonds. The molecule has 2 fully saturated rings. The van der Waals surface area contributed by atoms with Gasteiger partial charge in [-0.15, -0.1) is 0 Å². The molecule has 2 aliphatic heterocycles. The van der Waals surface area contributed by atoms with Crippen molar-refractivity contribution in [2.24, 2.45) is 0 Å². The fourth-order valence-corrected chi connectivity index (χ4v) is 4.10. The minimum absolute atomic E-state index is 0.0518. The molecule has 2 aliphatic rings. The summed E-state index contributed by atoms with van der Waals surface area (Å²) in [7, 11) is 0. The number of hydrogen-bond donors (Lipinski definition) is 0. The van der Waals surface area contributed by atoms with E-state index in [1.807, 2.05) is 24.3 Å². The first-order valence-electron chi connectivity index (χ1n) is 8.81. The maximum Gasteiger partial charge on any atom is 0.246 e. The zero-order chi connectivity index (χ0) is 18.1. The van der Waals surface area contributed by atoms with Gasteiger partial charge in [0, 0.05) is 26.2 Å². The number of anilines is 1. The Balaban J connectivity index is 1.59. The van der Waals surface area contributed by atoms with Gasteiger partial charge >= 0.3 is 0 Å². The number of hydrogen-bond acceptors (Lipinski definition) is 5. The van der Waals surface area contributed by atoms with Crippen LogP contribution in [0.25, 0.3) is 0 Å². The van der Waals surface area contributed by atoms with Gasteiger partial charge in [-0.2, -0.15) is 0 Å². The van der Waals surface area contributed by atoms with Gasteiger partial charge in [-0.25, -0.2) is 0 Å². The summed E-state index contributed by atoms with van der Waals surface area (Å²) in [6.45, 7) is 4.44. The first-order valence-corrected chi connectivity index (χ1v) is 8.81. The average Bonchev–Trinajstić information content (AvgIpc) is 3.28. The van der Waals surface area contributed by atoms with Crippen molar-refractivity contribution in [2.75, 3.05) is 31.1 Å². The maximum atomic E-state index is 12.7. The number of likely N-dealkylation sites (tertiary alicyclic amines) is 1. The van der Waals surface area contributed by atoms with Crippen molar-refractivity contribution in [1.82, 2.24) is 14.8 Å². The Labute approximate surface area is 152 Å². The number of aromatic nitrogens is 1. The molecule has 0 aliphatic carbocycles. The van der Waals surface area contributed by atoms with Crippen molar-refractivity contribution in [2.45, 2.75) is 25.4 Å². The van der Waals surface area contributed by atoms with Crippen LogP contribution in [-0.4, -0.2) is 58.3 Å². The molecule has 26 heavy (non-hydrogen) atoms. The Kier molecular flexibility index (Phi) is 4.24. The van der Waals surface area contributed by atoms with Gasteiger partial charge in [-0.3, -0.25) is 19.5 Å². The Morgan fingerprint density at radius 1 is 1.31 bits per heavy atom. The molecular weight excluding hydrogens is 332 g/mol. The molecule has 4 heterocycles. The van der Waals surface area contributed by atoms with Gasteiger partial charge in [-0.1, -0.05) is 0 Å². The van der Waals surface area contributed by atoms with Gasteiger partial charge in [0.05, 0.1) is 36.8 Å². The van der Waals surface area contributed by atoms with Gasteiger partial charge in [-0.05, 0) is 30.7 Å². The molecule has 0 bridgehead atoms. The number of pyridine rings is 1. The zero-order valence-electron chi connectivity index (χ0n) is 14.8. The molecule has 2 aromatic heterocycles. The minimum Gasteiger partial charge on any atom is -0.468 e. The fraction of sp³-hybridized carbons (Fsp3) is 0.421. The van der Waals surface area contributed by atoms with Crippen molar-refractivity contribution in [3.8, 4) is 0 Å². The first kappa shape index (κ1) is 16.8. The molecule has 2 saturated heterocycles. The zero-order valence-corrected chi connectivity index (χ0v) is 14.8. The highest BCUT2D eigenvalue weighted by Crippen LogP contribution is 2.35. The predicted molar refractivity (Wildman–Crippen MR) is 95.3 cm³/mol. The van der Waals surface area contributed by atoms with Crippen molar-refractivity contribution < 1.29 is 14.0 Å². The first-order chi connectivity index (χ1) is 12.6. The van der Waals surface area contributed by atoms with E-state index in [0.717, 1.165) is 31.0 Å². The number of carbonyl (C=O) groups excluding carboxylic acids is 2. The highest BCUT2D eigenvalue weighted by molar-refractivity contribution is 5.98. The van der Waals surface area contributed by atoms with Crippen LogP contribution in [0.15, 0.2) is 47.3 Å². The van der Waals surface area contributed by atoms with E-state index >= 15 is 0 Å². The second-order valence-electron chi connectivity index (χ2n) is 7.06. The van der Waals surface area contributed by atoms with Crippen molar-refractivity contribution >= 4 is 17.5 Å². The molecular formula is C19H22N4O3. The van der Waals surface area contributed by atoms with E-state index in [2.05, 4.69) is 9.88 Å². The van der Waals surface area contributed by atoms with E-state index in [0.29, 0.717) is 13.1 Å². The molecule has 7 heteroatoms. The molecule has 4 rings (SSSR count). The predicted octanol–water partition coefficient (Wildman–Crippen LogP) is 1.51. The van der Waals surface area contributed by atoms with Gasteiger partial charge < -0.3 is 14.2 Å². The van der Waals surface area contributed by atoms with Crippen LogP contribution in [0.4, 0.5) is 5.69 Å². The fourth-order valence-electron chi connectivity index (χ4n) is 4.10. The topological polar surface area (TPSA) is 69.9 Å². The van der Waals surface area contributed by atoms with Crippen LogP contribution in [0.3, 0.4) is 0 Å². The van der Waals surface area contributed by atoms with Crippen LogP contribution >= 0.6 is 0 Å². The van der Waals surface area contributed by atoms with Crippen molar-refractivity contribution in [3.05, 3.63) is 48.7 Å². The monoisotopic (exact) mass is 354 g/mol. The van der Waals surface area contributed by atoms with Crippen molar-refractivity contribution in [3.63, 3.8) is 0 Å². The van der Waals surface area contributed by atoms with Gasteiger partial charge in [0.1, 0.15) is 12.3 Å². The summed E-state index contributed by atoms with van der Waals surface area (Å²) < 4.78 is 5.46. The number of furan rings is 1. The maximum absolute atomic E-state index is 12.7. The van der Waals surface area contributed by atoms with E-state index in [1.165, 1.54) is 0 Å². The quantitative estimate of drug-likeness (QED) is 0.836. The SMILES string of the molecule is CC(=O)N1CC(=O)N(c2cccnc2)C[C@@]12CCN(Cc1ccco1)C2. The highest BCUT2D eigenvalue weighted by Gasteiger charge is 2.50. The van der Waals surface area contributed by atoms with E-state index in [1.54, 1.807) is 35.4 Å². The Morgan fingerprint density at radius 2 is 2.19 bits per heavy atom. The lowest BCUT2D eigenvalue weighted by molar-refractivity contribution is -0.142. The number of rotatable bonds is 3. The van der Waals surface area contributed by atoms with E-state index < -0.39 is 0 Å². The molecule has 0 radical (unpaired) electrons. The smallest absolute Gasteiger partial charge is 0.246 e. The Hall–Kier alpha value is -2.67. The third-order valence-electron chi connectivity index (χ3n) is 5.33. The van der Waals surface area contributed by atoms with Crippen LogP contribution in [0.1, 0.15) is 19.1 Å². The van der Waals surface area contributed by atoms with Crippen LogP contribution in [-0.2, 0) is 16.1 Å². The lowest BCUT2D eigenvalue weighted by Crippen LogP contribution is -2.66. The van der Waals surface area contributed by atoms with Crippen molar-refractivity contribution in [1.29, 1.82) is 0 Å². The van der Waals surface area contributed by atoms with E-state index in [9.17, 15) is 9.59 Å². The summed E-state index contributed by atoms with van der Waals surface area (Å²) in [6, 6.07) is 7.55. The van der Waals surface area contributed by atoms with E-state index in [4.69, 9.17) is 4.42 Å². The van der Waals surface area contributed by atoms with Crippen LogP contribution in [0, 0.1) is 0 Å². The number of piperazine rings is 1. The molecule has 2 aromatic rings. The minimum atomic E-state index is -0.373. The summed E-state index contributed by atoms with van der Waals surface area (Å²) in [5, 5.41) is 0. The second-order valence-corrected chi connectivity index (χ2v) is 7.06. The second kappa shape index (κ2) is 6.57. The normalized spacial score (nSPS) is 23.8. The molecule has 0 unspecified atom stereocenters. The molecule has 0 N–H and O–H groups in total. The molecule has 0 saturated carbocycles. The number of carbonyl (C=O) groups is 2. The largest absolute Gasteiger partial charge is 0.468 e. The summed E-state index contributed by atoms with van der Waals surface area (Å²) in [5.41, 5.74) is 0.409. The summed E-state index contributed by atoms with van der Waals surface area (Å²) in [4.78, 5) is 34.9. The number of amides is 2. The average molecular weight is 354 g/mol. The summed E-state index contributed by atoms with van der Waals surface area (Å²) >= 11 is 0. The molecule has 1 atom stereocenters. The molecule has 7 nitrogen and oxygen atoms in total. The highest BCUT2D eigenvalue weighted by atomic mass is 16.3. The number of nitrogens with zero attached hydrogens (tertiary/aromatic N) is 4. The van der Waals surface area contributed by atoms with E-state index in [-0.39, 0.29) is 23.9 Å². The van der Waals surface area contributed by atoms with Gasteiger partial charge in [0.15, 0.2) is 0 Å². The lowest BCUT2D eigenvalue weighted by Gasteiger charge is -2.48. The Bertz CT molecular complexity index is 792. The summed E-state index contributed by atoms with van der Waals surface area (Å²) in [6.07, 6.45) is 5.89. The Morgan fingerprint density at radius 3 is 2.88 bits per heavy atom. The molecule has 136 valence electrons. The van der Waals surface area contributed by atoms with Crippen LogP contribution < -0.4 is 4.90 Å². The molecule has 1 spiro atoms. The third kappa shape index (κ3) is 2.99. The standard InChI is InChI=1S/C19H22N4O3/c1-15(24)23-12-18(25)22(16-4-2-7-20-10-16)14-19(23)6-8-21(13-19)11-17-5-3-9-26-17/h2-5,7,9-10H,6,8,11-14H2,1H3/t19-/m0/s1. The lowest BCUT2D eigenvalue weighted by atomic mass is 9.92. The van der Waals surface area contributed by atoms with Gasteiger partial charge in [0.25, 0.3) is 0 Å². The van der Waals surface area contributed by atoms with Crippen LogP contribution in [0.2, 0.25) is 0 Å². The third-order valence-corrected chi connectivity index (χ3v) is 5.33. The molecule has 0 aromatic carbocycles. The van der Waals surface area contributed by atoms with Crippen LogP contribution in [0.5, 0.6) is 0 Å².